The molecular formula is C12H25N3O2S. The minimum Gasteiger partial charge on any atom is -0.329 e. The van der Waals surface area contributed by atoms with Crippen LogP contribution in [0, 0.1) is 0 Å². The van der Waals surface area contributed by atoms with E-state index in [1.165, 1.54) is 19.1 Å². The Labute approximate surface area is 110 Å². The normalized spacial score (nSPS) is 30.2. The summed E-state index contributed by atoms with van der Waals surface area (Å²) in [6.07, 6.45) is 4.97. The molecule has 1 aliphatic carbocycles. The number of rotatable bonds is 6. The lowest BCUT2D eigenvalue weighted by atomic mass is 9.97. The van der Waals surface area contributed by atoms with E-state index < -0.39 is 9.84 Å². The molecule has 0 aromatic carbocycles. The third-order valence-corrected chi connectivity index (χ3v) is 5.34. The Morgan fingerprint density at radius 1 is 1.44 bits per heavy atom. The third-order valence-electron chi connectivity index (χ3n) is 4.41. The van der Waals surface area contributed by atoms with Crippen LogP contribution in [0.25, 0.3) is 0 Å². The van der Waals surface area contributed by atoms with Gasteiger partial charge < -0.3 is 5.73 Å². The fourth-order valence-corrected chi connectivity index (χ4v) is 3.42. The van der Waals surface area contributed by atoms with Crippen LogP contribution in [-0.2, 0) is 9.84 Å². The molecule has 0 aromatic heterocycles. The zero-order chi connectivity index (χ0) is 13.4. The first-order valence-corrected chi connectivity index (χ1v) is 8.75. The molecule has 1 aliphatic heterocycles. The van der Waals surface area contributed by atoms with Crippen molar-refractivity contribution >= 4 is 9.84 Å². The number of hydrogen-bond donors (Lipinski definition) is 1. The number of hydrogen-bond acceptors (Lipinski definition) is 5. The van der Waals surface area contributed by atoms with Crippen LogP contribution in [0.5, 0.6) is 0 Å². The maximum Gasteiger partial charge on any atom is 0.148 e. The summed E-state index contributed by atoms with van der Waals surface area (Å²) in [4.78, 5) is 4.68. The van der Waals surface area contributed by atoms with Crippen LogP contribution in [-0.4, -0.2) is 75.0 Å². The van der Waals surface area contributed by atoms with Gasteiger partial charge in [0.25, 0.3) is 0 Å². The van der Waals surface area contributed by atoms with Crippen molar-refractivity contribution in [3.63, 3.8) is 0 Å². The predicted molar refractivity (Wildman–Crippen MR) is 73.3 cm³/mol. The smallest absolute Gasteiger partial charge is 0.148 e. The lowest BCUT2D eigenvalue weighted by Crippen LogP contribution is -2.55. The number of nitrogens with zero attached hydrogens (tertiary/aromatic N) is 2. The summed E-state index contributed by atoms with van der Waals surface area (Å²) < 4.78 is 22.5. The maximum atomic E-state index is 11.3. The molecule has 0 spiro atoms. The van der Waals surface area contributed by atoms with E-state index in [1.54, 1.807) is 0 Å². The topological polar surface area (TPSA) is 66.6 Å². The highest BCUT2D eigenvalue weighted by Crippen LogP contribution is 2.35. The SMILES string of the molecule is CN(CCS(C)(=O)=O)C1(CN)CCN(C2CC2)C1. The lowest BCUT2D eigenvalue weighted by Gasteiger charge is -2.38. The van der Waals surface area contributed by atoms with E-state index in [0.717, 1.165) is 25.6 Å². The van der Waals surface area contributed by atoms with Gasteiger partial charge in [-0.1, -0.05) is 0 Å². The van der Waals surface area contributed by atoms with Crippen LogP contribution >= 0.6 is 0 Å². The van der Waals surface area contributed by atoms with Crippen molar-refractivity contribution in [2.45, 2.75) is 30.8 Å². The second kappa shape index (κ2) is 5.07. The average Bonchev–Trinajstić information content (AvgIpc) is 3.05. The molecule has 0 amide bonds. The first kappa shape index (κ1) is 14.2. The monoisotopic (exact) mass is 275 g/mol. The first-order valence-electron chi connectivity index (χ1n) is 6.69. The molecule has 1 heterocycles. The second-order valence-electron chi connectivity index (χ2n) is 5.93. The molecule has 18 heavy (non-hydrogen) atoms. The van der Waals surface area contributed by atoms with Crippen LogP contribution in [0.2, 0.25) is 0 Å². The van der Waals surface area contributed by atoms with Gasteiger partial charge in [-0.2, -0.15) is 0 Å². The highest BCUT2D eigenvalue weighted by Gasteiger charge is 2.44. The third kappa shape index (κ3) is 3.23. The van der Waals surface area contributed by atoms with Crippen LogP contribution < -0.4 is 5.73 Å². The summed E-state index contributed by atoms with van der Waals surface area (Å²) in [5.74, 6) is 0.217. The largest absolute Gasteiger partial charge is 0.329 e. The van der Waals surface area contributed by atoms with Gasteiger partial charge in [0.05, 0.1) is 5.75 Å². The van der Waals surface area contributed by atoms with Gasteiger partial charge in [0.2, 0.25) is 0 Å². The summed E-state index contributed by atoms with van der Waals surface area (Å²) in [5.41, 5.74) is 5.95. The quantitative estimate of drug-likeness (QED) is 0.710. The van der Waals surface area contributed by atoms with Gasteiger partial charge in [-0.25, -0.2) is 8.42 Å². The standard InChI is InChI=1S/C12H25N3O2S/c1-14(7-8-18(2,16)17)12(9-13)5-6-15(10-12)11-3-4-11/h11H,3-10,13H2,1-2H3. The van der Waals surface area contributed by atoms with Crippen LogP contribution in [0.15, 0.2) is 0 Å². The van der Waals surface area contributed by atoms with Crippen molar-refractivity contribution in [2.24, 2.45) is 5.73 Å². The Kier molecular flexibility index (Phi) is 4.02. The van der Waals surface area contributed by atoms with Gasteiger partial charge >= 0.3 is 0 Å². The molecule has 1 atom stereocenters. The van der Waals surface area contributed by atoms with E-state index >= 15 is 0 Å². The highest BCUT2D eigenvalue weighted by atomic mass is 32.2. The Balaban J connectivity index is 1.94. The minimum absolute atomic E-state index is 0.0206. The summed E-state index contributed by atoms with van der Waals surface area (Å²) in [6.45, 7) is 3.28. The summed E-state index contributed by atoms with van der Waals surface area (Å²) in [5, 5.41) is 0. The highest BCUT2D eigenvalue weighted by molar-refractivity contribution is 7.90. The molecule has 2 fully saturated rings. The molecule has 1 unspecified atom stereocenters. The number of likely N-dealkylation sites (N-methyl/N-ethyl adjacent to an activating group) is 1. The number of sulfone groups is 1. The van der Waals surface area contributed by atoms with Crippen molar-refractivity contribution in [1.29, 1.82) is 0 Å². The van der Waals surface area contributed by atoms with Gasteiger partial charge in [-0.15, -0.1) is 0 Å². The number of nitrogens with two attached hydrogens (primary N) is 1. The van der Waals surface area contributed by atoms with Gasteiger partial charge in [0.15, 0.2) is 0 Å². The van der Waals surface area contributed by atoms with Crippen LogP contribution in [0.3, 0.4) is 0 Å². The molecule has 1 saturated heterocycles. The van der Waals surface area contributed by atoms with Crippen molar-refractivity contribution in [3.05, 3.63) is 0 Å². The van der Waals surface area contributed by atoms with Crippen molar-refractivity contribution in [1.82, 2.24) is 9.80 Å². The summed E-state index contributed by atoms with van der Waals surface area (Å²) >= 11 is 0. The second-order valence-corrected chi connectivity index (χ2v) is 8.19. The average molecular weight is 275 g/mol. The molecular weight excluding hydrogens is 250 g/mol. The van der Waals surface area contributed by atoms with Gasteiger partial charge in [0.1, 0.15) is 9.84 Å². The van der Waals surface area contributed by atoms with E-state index in [2.05, 4.69) is 9.80 Å². The fourth-order valence-electron chi connectivity index (χ4n) is 2.81. The Hall–Kier alpha value is -0.170. The molecule has 5 nitrogen and oxygen atoms in total. The fraction of sp³-hybridized carbons (Fsp3) is 1.00. The Morgan fingerprint density at radius 3 is 2.61 bits per heavy atom. The molecule has 0 aromatic rings. The van der Waals surface area contributed by atoms with Gasteiger partial charge in [0, 0.05) is 44.0 Å². The predicted octanol–water partition coefficient (Wildman–Crippen LogP) is -0.472. The van der Waals surface area contributed by atoms with E-state index in [4.69, 9.17) is 5.73 Å². The zero-order valence-electron chi connectivity index (χ0n) is 11.4. The summed E-state index contributed by atoms with van der Waals surface area (Å²) in [7, 11) is -0.889. The molecule has 2 aliphatic rings. The van der Waals surface area contributed by atoms with E-state index in [9.17, 15) is 8.42 Å². The van der Waals surface area contributed by atoms with Crippen molar-refractivity contribution in [2.75, 3.05) is 45.2 Å². The van der Waals surface area contributed by atoms with Gasteiger partial charge in [-0.3, -0.25) is 9.80 Å². The molecule has 2 rings (SSSR count). The van der Waals surface area contributed by atoms with E-state index in [1.807, 2.05) is 7.05 Å². The van der Waals surface area contributed by atoms with E-state index in [-0.39, 0.29) is 11.3 Å². The molecule has 6 heteroatoms. The molecule has 106 valence electrons. The van der Waals surface area contributed by atoms with Crippen LogP contribution in [0.4, 0.5) is 0 Å². The molecule has 0 radical (unpaired) electrons. The van der Waals surface area contributed by atoms with Gasteiger partial charge in [-0.05, 0) is 26.3 Å². The number of likely N-dealkylation sites (tertiary alicyclic amines) is 1. The Bertz CT molecular complexity index is 394. The van der Waals surface area contributed by atoms with Crippen molar-refractivity contribution < 1.29 is 8.42 Å². The molecule has 0 bridgehead atoms. The summed E-state index contributed by atoms with van der Waals surface area (Å²) in [6, 6.07) is 0.765. The first-order chi connectivity index (χ1) is 8.36. The van der Waals surface area contributed by atoms with Crippen LogP contribution in [0.1, 0.15) is 19.3 Å². The Morgan fingerprint density at radius 2 is 2.11 bits per heavy atom. The van der Waals surface area contributed by atoms with E-state index in [0.29, 0.717) is 13.1 Å². The van der Waals surface area contributed by atoms with Crippen molar-refractivity contribution in [3.8, 4) is 0 Å². The molecule has 2 N–H and O–H groups in total. The minimum atomic E-state index is -2.90. The maximum absolute atomic E-state index is 11.3. The lowest BCUT2D eigenvalue weighted by molar-refractivity contribution is 0.135. The zero-order valence-corrected chi connectivity index (χ0v) is 12.2. The molecule has 1 saturated carbocycles.